The Morgan fingerprint density at radius 3 is 2.31 bits per heavy atom. The van der Waals surface area contributed by atoms with E-state index in [0.717, 1.165) is 11.1 Å². The maximum Gasteiger partial charge on any atom is 0.231 e. The van der Waals surface area contributed by atoms with E-state index < -0.39 is 0 Å². The van der Waals surface area contributed by atoms with Crippen molar-refractivity contribution in [1.29, 1.82) is 0 Å². The number of carbonyl (C=O) groups excluding carboxylic acids is 1. The molecule has 0 saturated carbocycles. The Labute approximate surface area is 196 Å². The number of hydrogen-bond donors (Lipinski definition) is 0. The molecule has 0 aliphatic carbocycles. The normalized spacial score (nSPS) is 13.7. The van der Waals surface area contributed by atoms with Gasteiger partial charge in [0.2, 0.25) is 5.78 Å². The summed E-state index contributed by atoms with van der Waals surface area (Å²) in [5, 5.41) is 1.06. The van der Waals surface area contributed by atoms with Gasteiger partial charge in [-0.1, -0.05) is 35.3 Å². The van der Waals surface area contributed by atoms with Crippen molar-refractivity contribution < 1.29 is 23.7 Å². The second-order valence-corrected chi connectivity index (χ2v) is 7.92. The molecular formula is C25H20Cl2O5. The summed E-state index contributed by atoms with van der Waals surface area (Å²) in [6.45, 7) is 2.04. The molecule has 3 aromatic rings. The summed E-state index contributed by atoms with van der Waals surface area (Å²) in [5.41, 5.74) is 2.65. The van der Waals surface area contributed by atoms with Crippen molar-refractivity contribution >= 4 is 35.1 Å². The lowest BCUT2D eigenvalue weighted by molar-refractivity contribution is 0.101. The molecule has 0 radical (unpaired) electrons. The van der Waals surface area contributed by atoms with Crippen molar-refractivity contribution in [1.82, 2.24) is 0 Å². The van der Waals surface area contributed by atoms with E-state index >= 15 is 0 Å². The number of benzene rings is 3. The van der Waals surface area contributed by atoms with Gasteiger partial charge in [0.1, 0.15) is 18.1 Å². The average molecular weight is 471 g/mol. The molecule has 5 nitrogen and oxygen atoms in total. The number of ether oxygens (including phenoxy) is 4. The first-order valence-corrected chi connectivity index (χ1v) is 10.5. The zero-order valence-corrected chi connectivity index (χ0v) is 19.2. The van der Waals surface area contributed by atoms with Gasteiger partial charge in [-0.05, 0) is 55.0 Å². The highest BCUT2D eigenvalue weighted by atomic mass is 35.5. The number of rotatable bonds is 6. The smallest absolute Gasteiger partial charge is 0.231 e. The summed E-state index contributed by atoms with van der Waals surface area (Å²) in [4.78, 5) is 12.9. The first kappa shape index (κ1) is 22.1. The Morgan fingerprint density at radius 1 is 0.938 bits per heavy atom. The van der Waals surface area contributed by atoms with Gasteiger partial charge in [-0.3, -0.25) is 4.79 Å². The lowest BCUT2D eigenvalue weighted by Crippen LogP contribution is -2.00. The zero-order chi connectivity index (χ0) is 22.8. The Kier molecular flexibility index (Phi) is 6.31. The second kappa shape index (κ2) is 9.15. The van der Waals surface area contributed by atoms with Gasteiger partial charge in [0.15, 0.2) is 17.3 Å². The lowest BCUT2D eigenvalue weighted by Gasteiger charge is -2.13. The molecule has 0 amide bonds. The summed E-state index contributed by atoms with van der Waals surface area (Å²) >= 11 is 12.5. The van der Waals surface area contributed by atoms with Gasteiger partial charge in [0, 0.05) is 21.2 Å². The number of hydrogen-bond acceptors (Lipinski definition) is 5. The van der Waals surface area contributed by atoms with Crippen LogP contribution in [-0.4, -0.2) is 20.0 Å². The molecule has 1 aliphatic rings. The summed E-state index contributed by atoms with van der Waals surface area (Å²) in [6, 6.07) is 14.1. The number of carbonyl (C=O) groups is 1. The molecule has 1 heterocycles. The van der Waals surface area contributed by atoms with E-state index in [1.54, 1.807) is 62.8 Å². The number of halogens is 2. The SMILES string of the molecule is COc1ccc(/C=C2\Oc3c(ccc(OCc4c(Cl)cccc4Cl)c3C)C2=O)cc1OC. The molecule has 0 unspecified atom stereocenters. The topological polar surface area (TPSA) is 54.0 Å². The molecule has 0 aromatic heterocycles. The van der Waals surface area contributed by atoms with Gasteiger partial charge in [-0.25, -0.2) is 0 Å². The summed E-state index contributed by atoms with van der Waals surface area (Å²) < 4.78 is 22.5. The van der Waals surface area contributed by atoms with E-state index in [1.165, 1.54) is 0 Å². The Morgan fingerprint density at radius 2 is 1.62 bits per heavy atom. The van der Waals surface area contributed by atoms with Crippen LogP contribution in [0.1, 0.15) is 27.0 Å². The van der Waals surface area contributed by atoms with Gasteiger partial charge in [0.25, 0.3) is 0 Å². The molecular weight excluding hydrogens is 451 g/mol. The minimum Gasteiger partial charge on any atom is -0.493 e. The highest BCUT2D eigenvalue weighted by Crippen LogP contribution is 2.40. The van der Waals surface area contributed by atoms with E-state index in [1.807, 2.05) is 13.0 Å². The van der Waals surface area contributed by atoms with E-state index in [9.17, 15) is 4.79 Å². The molecule has 7 heteroatoms. The third kappa shape index (κ3) is 4.14. The van der Waals surface area contributed by atoms with Crippen LogP contribution in [0.25, 0.3) is 6.08 Å². The van der Waals surface area contributed by atoms with Crippen molar-refractivity contribution in [3.63, 3.8) is 0 Å². The van der Waals surface area contributed by atoms with E-state index in [-0.39, 0.29) is 18.1 Å². The average Bonchev–Trinajstić information content (AvgIpc) is 3.10. The molecule has 3 aromatic carbocycles. The van der Waals surface area contributed by atoms with Crippen LogP contribution in [0.15, 0.2) is 54.3 Å². The van der Waals surface area contributed by atoms with Crippen molar-refractivity contribution in [3.05, 3.63) is 86.6 Å². The highest BCUT2D eigenvalue weighted by Gasteiger charge is 2.30. The van der Waals surface area contributed by atoms with Crippen molar-refractivity contribution in [3.8, 4) is 23.0 Å². The monoisotopic (exact) mass is 470 g/mol. The maximum absolute atomic E-state index is 12.9. The number of methoxy groups -OCH3 is 2. The first-order valence-electron chi connectivity index (χ1n) is 9.78. The summed E-state index contributed by atoms with van der Waals surface area (Å²) in [6.07, 6.45) is 1.67. The molecule has 0 N–H and O–H groups in total. The van der Waals surface area contributed by atoms with E-state index in [0.29, 0.717) is 44.2 Å². The summed E-state index contributed by atoms with van der Waals surface area (Å²) in [7, 11) is 3.13. The summed E-state index contributed by atoms with van der Waals surface area (Å²) in [5.74, 6) is 2.26. The van der Waals surface area contributed by atoms with Crippen LogP contribution in [0.4, 0.5) is 0 Å². The fourth-order valence-corrected chi connectivity index (χ4v) is 3.95. The number of fused-ring (bicyclic) bond motifs is 1. The molecule has 164 valence electrons. The van der Waals surface area contributed by atoms with E-state index in [2.05, 4.69) is 0 Å². The number of Topliss-reactive ketones (excluding diaryl/α,β-unsaturated/α-hetero) is 1. The van der Waals surface area contributed by atoms with E-state index in [4.69, 9.17) is 42.1 Å². The van der Waals surface area contributed by atoms with Gasteiger partial charge < -0.3 is 18.9 Å². The van der Waals surface area contributed by atoms with Crippen LogP contribution in [0.3, 0.4) is 0 Å². The first-order chi connectivity index (χ1) is 15.4. The van der Waals surface area contributed by atoms with Crippen molar-refractivity contribution in [2.45, 2.75) is 13.5 Å². The van der Waals surface area contributed by atoms with Gasteiger partial charge in [-0.15, -0.1) is 0 Å². The van der Waals surface area contributed by atoms with Crippen molar-refractivity contribution in [2.24, 2.45) is 0 Å². The predicted octanol–water partition coefficient (Wildman–Crippen LogP) is 6.51. The third-order valence-corrected chi connectivity index (χ3v) is 5.88. The molecule has 1 aliphatic heterocycles. The Hall–Kier alpha value is -3.15. The highest BCUT2D eigenvalue weighted by molar-refractivity contribution is 6.35. The standard InChI is InChI=1S/C25H20Cl2O5/c1-14-20(31-13-17-18(26)5-4-6-19(17)27)10-8-16-24(28)23(32-25(14)16)12-15-7-9-21(29-2)22(11-15)30-3/h4-12H,13H2,1-3H3/b23-12-. The predicted molar refractivity (Wildman–Crippen MR) is 124 cm³/mol. The number of ketones is 1. The molecule has 0 fully saturated rings. The fraction of sp³-hybridized carbons (Fsp3) is 0.160. The van der Waals surface area contributed by atoms with Crippen LogP contribution in [0.5, 0.6) is 23.0 Å². The Bertz CT molecular complexity index is 1210. The van der Waals surface area contributed by atoms with Gasteiger partial charge >= 0.3 is 0 Å². The minimum atomic E-state index is -0.196. The molecule has 0 atom stereocenters. The molecule has 0 saturated heterocycles. The molecule has 0 spiro atoms. The second-order valence-electron chi connectivity index (χ2n) is 7.11. The van der Waals surface area contributed by atoms with Crippen LogP contribution in [-0.2, 0) is 6.61 Å². The van der Waals surface area contributed by atoms with Crippen LogP contribution >= 0.6 is 23.2 Å². The largest absolute Gasteiger partial charge is 0.493 e. The lowest BCUT2D eigenvalue weighted by atomic mass is 10.1. The zero-order valence-electron chi connectivity index (χ0n) is 17.7. The fourth-order valence-electron chi connectivity index (χ4n) is 3.44. The minimum absolute atomic E-state index is 0.195. The number of allylic oxidation sites excluding steroid dienone is 1. The Balaban J connectivity index is 1.59. The van der Waals surface area contributed by atoms with Crippen LogP contribution in [0, 0.1) is 6.92 Å². The van der Waals surface area contributed by atoms with Crippen LogP contribution < -0.4 is 18.9 Å². The third-order valence-electron chi connectivity index (χ3n) is 5.18. The van der Waals surface area contributed by atoms with Gasteiger partial charge in [0.05, 0.1) is 19.8 Å². The molecule has 4 rings (SSSR count). The molecule has 0 bridgehead atoms. The van der Waals surface area contributed by atoms with Gasteiger partial charge in [-0.2, -0.15) is 0 Å². The quantitative estimate of drug-likeness (QED) is 0.384. The molecule has 32 heavy (non-hydrogen) atoms. The maximum atomic E-state index is 12.9. The van der Waals surface area contributed by atoms with Crippen LogP contribution in [0.2, 0.25) is 10.0 Å². The van der Waals surface area contributed by atoms with Crippen molar-refractivity contribution in [2.75, 3.05) is 14.2 Å².